The summed E-state index contributed by atoms with van der Waals surface area (Å²) in [7, 11) is 0. The predicted octanol–water partition coefficient (Wildman–Crippen LogP) is -2.20. The number of alkyl halides is 1. The Morgan fingerprint density at radius 3 is 2.50 bits per heavy atom. The van der Waals surface area contributed by atoms with Crippen LogP contribution in [-0.2, 0) is 3.07 Å². The van der Waals surface area contributed by atoms with Crippen molar-refractivity contribution in [2.45, 2.75) is 12.8 Å². The second kappa shape index (κ2) is 2.80. The van der Waals surface area contributed by atoms with Gasteiger partial charge in [0, 0.05) is 0 Å². The molecule has 1 nitrogen and oxygen atoms in total. The summed E-state index contributed by atoms with van der Waals surface area (Å²) in [4.78, 5) is 0. The molecule has 38 valence electrons. The van der Waals surface area contributed by atoms with Gasteiger partial charge in [-0.15, -0.1) is 0 Å². The Morgan fingerprint density at radius 2 is 2.33 bits per heavy atom. The van der Waals surface area contributed by atoms with E-state index in [1.165, 1.54) is 17.3 Å². The van der Waals surface area contributed by atoms with Crippen LogP contribution in [0, 0.1) is 0 Å². The molecule has 0 bridgehead atoms. The molecule has 0 aromatic rings. The summed E-state index contributed by atoms with van der Waals surface area (Å²) in [5.41, 5.74) is 0. The molecule has 1 saturated heterocycles. The van der Waals surface area contributed by atoms with Crippen LogP contribution in [0.5, 0.6) is 0 Å². The van der Waals surface area contributed by atoms with Gasteiger partial charge in [0.1, 0.15) is 0 Å². The molecule has 2 heteroatoms. The molecule has 0 amide bonds. The molecular weight excluding hydrogens is 191 g/mol. The average Bonchev–Trinajstić information content (AvgIpc) is 1.72. The monoisotopic (exact) mass is 199 g/mol. The van der Waals surface area contributed by atoms with Crippen molar-refractivity contribution >= 4 is 0 Å². The topological polar surface area (TPSA) is 9.23 Å². The molecule has 0 N–H and O–H groups in total. The molecule has 0 radical (unpaired) electrons. The maximum absolute atomic E-state index is 5.18. The van der Waals surface area contributed by atoms with E-state index in [1.807, 2.05) is 0 Å². The van der Waals surface area contributed by atoms with Gasteiger partial charge in [-0.2, -0.15) is 0 Å². The number of hydrogen-bond acceptors (Lipinski definition) is 1. The Bertz CT molecular complexity index is 23.0. The van der Waals surface area contributed by atoms with Gasteiger partial charge in [-0.25, -0.2) is 0 Å². The van der Waals surface area contributed by atoms with E-state index in [9.17, 15) is 0 Å². The number of halogens is 1. The molecule has 1 aliphatic rings. The molecule has 6 heavy (non-hydrogen) atoms. The zero-order chi connectivity index (χ0) is 4.24. The molecule has 0 spiro atoms. The van der Waals surface area contributed by atoms with Gasteiger partial charge in [0.05, 0.1) is 0 Å². The van der Waals surface area contributed by atoms with Crippen molar-refractivity contribution in [2.75, 3.05) is 11.0 Å². The minimum atomic E-state index is 0.215. The van der Waals surface area contributed by atoms with E-state index in [4.69, 9.17) is 3.07 Å². The second-order valence-electron chi connectivity index (χ2n) is 1.32. The van der Waals surface area contributed by atoms with Gasteiger partial charge in [0.2, 0.25) is 0 Å². The summed E-state index contributed by atoms with van der Waals surface area (Å²) in [6.07, 6.45) is 2.73. The fourth-order valence-electron chi connectivity index (χ4n) is 0.415. The van der Waals surface area contributed by atoms with Gasteiger partial charge in [-0.05, 0) is 0 Å². The van der Waals surface area contributed by atoms with E-state index >= 15 is 0 Å². The van der Waals surface area contributed by atoms with E-state index in [1.54, 1.807) is 0 Å². The molecule has 1 heterocycles. The molecular formula is C4H8IO-. The summed E-state index contributed by atoms with van der Waals surface area (Å²) < 4.78 is 6.57. The van der Waals surface area contributed by atoms with Gasteiger partial charge in [-0.3, -0.25) is 0 Å². The molecule has 1 fully saturated rings. The second-order valence-corrected chi connectivity index (χ2v) is 3.64. The molecule has 1 rings (SSSR count). The first kappa shape index (κ1) is 4.84. The van der Waals surface area contributed by atoms with Crippen molar-refractivity contribution in [1.29, 1.82) is 0 Å². The first-order chi connectivity index (χ1) is 3.00. The van der Waals surface area contributed by atoms with Crippen LogP contribution in [0.2, 0.25) is 0 Å². The van der Waals surface area contributed by atoms with Gasteiger partial charge in [0.25, 0.3) is 0 Å². The van der Waals surface area contributed by atoms with Crippen molar-refractivity contribution in [2.24, 2.45) is 0 Å². The molecule has 1 aliphatic heterocycles. The van der Waals surface area contributed by atoms with Crippen molar-refractivity contribution in [1.82, 2.24) is 0 Å². The van der Waals surface area contributed by atoms with Gasteiger partial charge in [-0.1, -0.05) is 0 Å². The third-order valence-corrected chi connectivity index (χ3v) is 2.84. The first-order valence-electron chi connectivity index (χ1n) is 2.21. The first-order valence-corrected chi connectivity index (χ1v) is 4.62. The molecule has 0 aromatic heterocycles. The molecule has 0 saturated carbocycles. The fraction of sp³-hybridized carbons (Fsp3) is 1.00. The van der Waals surface area contributed by atoms with Crippen molar-refractivity contribution < 1.29 is 24.7 Å². The Hall–Kier alpha value is 0.690. The van der Waals surface area contributed by atoms with Crippen LogP contribution in [-0.4, -0.2) is 11.0 Å². The van der Waals surface area contributed by atoms with Crippen LogP contribution >= 0.6 is 0 Å². The SMILES string of the molecule is C1CC[I-]OC1. The van der Waals surface area contributed by atoms with E-state index in [0.29, 0.717) is 0 Å². The molecule has 0 atom stereocenters. The summed E-state index contributed by atoms with van der Waals surface area (Å²) in [6.45, 7) is 1.05. The normalized spacial score (nSPS) is 25.3. The van der Waals surface area contributed by atoms with Crippen LogP contribution < -0.4 is 21.6 Å². The Kier molecular flexibility index (Phi) is 2.26. The Labute approximate surface area is 48.9 Å². The summed E-state index contributed by atoms with van der Waals surface area (Å²) in [6, 6.07) is 0. The zero-order valence-corrected chi connectivity index (χ0v) is 5.77. The zero-order valence-electron chi connectivity index (χ0n) is 3.61. The summed E-state index contributed by atoms with van der Waals surface area (Å²) in [5.74, 6) is 0. The number of hydrogen-bond donors (Lipinski definition) is 0. The average molecular weight is 199 g/mol. The van der Waals surface area contributed by atoms with Crippen molar-refractivity contribution in [3.05, 3.63) is 0 Å². The number of rotatable bonds is 0. The standard InChI is InChI=1S/C4H8IO/c1-2-4-6-5-3-1/h1-4H2/q-1. The van der Waals surface area contributed by atoms with Gasteiger partial charge >= 0.3 is 48.6 Å². The molecule has 0 unspecified atom stereocenters. The molecule has 0 aromatic carbocycles. The van der Waals surface area contributed by atoms with Crippen molar-refractivity contribution in [3.63, 3.8) is 0 Å². The van der Waals surface area contributed by atoms with E-state index in [-0.39, 0.29) is 21.6 Å². The van der Waals surface area contributed by atoms with Crippen molar-refractivity contribution in [3.8, 4) is 0 Å². The van der Waals surface area contributed by atoms with Crippen LogP contribution in [0.15, 0.2) is 0 Å². The maximum atomic E-state index is 5.18. The van der Waals surface area contributed by atoms with E-state index in [0.717, 1.165) is 6.61 Å². The minimum absolute atomic E-state index is 0.215. The van der Waals surface area contributed by atoms with Gasteiger partial charge in [0.15, 0.2) is 0 Å². The van der Waals surface area contributed by atoms with Crippen LogP contribution in [0.4, 0.5) is 0 Å². The van der Waals surface area contributed by atoms with Crippen LogP contribution in [0.25, 0.3) is 0 Å². The summed E-state index contributed by atoms with van der Waals surface area (Å²) >= 11 is 0.215. The third kappa shape index (κ3) is 1.43. The van der Waals surface area contributed by atoms with Gasteiger partial charge < -0.3 is 0 Å². The van der Waals surface area contributed by atoms with Crippen LogP contribution in [0.3, 0.4) is 0 Å². The fourth-order valence-corrected chi connectivity index (χ4v) is 2.20. The third-order valence-electron chi connectivity index (χ3n) is 0.759. The van der Waals surface area contributed by atoms with Crippen LogP contribution in [0.1, 0.15) is 12.8 Å². The Morgan fingerprint density at radius 1 is 1.33 bits per heavy atom. The summed E-state index contributed by atoms with van der Waals surface area (Å²) in [5, 5.41) is 0. The van der Waals surface area contributed by atoms with E-state index in [2.05, 4.69) is 0 Å². The molecule has 0 aliphatic carbocycles. The quantitative estimate of drug-likeness (QED) is 0.318. The Balaban J connectivity index is 2.00. The van der Waals surface area contributed by atoms with E-state index < -0.39 is 0 Å². The predicted molar refractivity (Wildman–Crippen MR) is 20.1 cm³/mol.